The van der Waals surface area contributed by atoms with Crippen LogP contribution in [0.4, 0.5) is 4.79 Å². The summed E-state index contributed by atoms with van der Waals surface area (Å²) in [6, 6.07) is 7.65. The molecule has 0 bridgehead atoms. The zero-order chi connectivity index (χ0) is 14.3. The molecule has 0 unspecified atom stereocenters. The van der Waals surface area contributed by atoms with E-state index in [1.807, 2.05) is 30.3 Å². The number of nitrogens with one attached hydrogen (secondary N) is 1. The number of alkyl carbamates (subject to hydrolysis) is 1. The molecule has 0 aromatic heterocycles. The van der Waals surface area contributed by atoms with E-state index in [0.29, 0.717) is 0 Å². The molecular formula is C13H16N2O4. The van der Waals surface area contributed by atoms with Crippen molar-refractivity contribution in [2.24, 2.45) is 0 Å². The molecule has 0 spiro atoms. The maximum absolute atomic E-state index is 11.2. The van der Waals surface area contributed by atoms with Crippen LogP contribution in [0.5, 0.6) is 0 Å². The van der Waals surface area contributed by atoms with Gasteiger partial charge >= 0.3 is 6.09 Å². The van der Waals surface area contributed by atoms with Crippen LogP contribution >= 0.6 is 0 Å². The molecule has 1 rings (SSSR count). The fourth-order valence-corrected chi connectivity index (χ4v) is 1.43. The Kier molecular flexibility index (Phi) is 5.53. The SMILES string of the molecule is COC(=O)N[C@@H](/C=C/c1ccccc1)[C@@H](C)[N+](=O)[O-]. The van der Waals surface area contributed by atoms with Crippen molar-refractivity contribution in [1.29, 1.82) is 0 Å². The van der Waals surface area contributed by atoms with Crippen molar-refractivity contribution in [3.8, 4) is 0 Å². The summed E-state index contributed by atoms with van der Waals surface area (Å²) >= 11 is 0. The molecule has 0 saturated heterocycles. The fourth-order valence-electron chi connectivity index (χ4n) is 1.43. The van der Waals surface area contributed by atoms with Crippen LogP contribution in [0.2, 0.25) is 0 Å². The predicted octanol–water partition coefficient (Wildman–Crippen LogP) is 2.09. The Morgan fingerprint density at radius 2 is 2.05 bits per heavy atom. The van der Waals surface area contributed by atoms with Crippen molar-refractivity contribution < 1.29 is 14.5 Å². The number of benzene rings is 1. The minimum absolute atomic E-state index is 0.448. The topological polar surface area (TPSA) is 81.5 Å². The van der Waals surface area contributed by atoms with Crippen LogP contribution in [-0.2, 0) is 4.74 Å². The number of carbonyl (C=O) groups is 1. The molecule has 6 nitrogen and oxygen atoms in total. The second-order valence-corrected chi connectivity index (χ2v) is 3.96. The Balaban J connectivity index is 2.82. The van der Waals surface area contributed by atoms with E-state index in [0.717, 1.165) is 5.56 Å². The minimum atomic E-state index is -0.945. The summed E-state index contributed by atoms with van der Waals surface area (Å²) in [4.78, 5) is 21.5. The van der Waals surface area contributed by atoms with E-state index in [2.05, 4.69) is 10.1 Å². The average molecular weight is 264 g/mol. The van der Waals surface area contributed by atoms with Gasteiger partial charge in [-0.1, -0.05) is 42.5 Å². The lowest BCUT2D eigenvalue weighted by atomic mass is 10.1. The molecule has 1 aromatic rings. The molecule has 0 aliphatic carbocycles. The number of rotatable bonds is 5. The molecule has 0 fully saturated rings. The third kappa shape index (κ3) is 4.79. The number of carbonyl (C=O) groups excluding carboxylic acids is 1. The van der Waals surface area contributed by atoms with Crippen molar-refractivity contribution in [2.45, 2.75) is 19.0 Å². The summed E-state index contributed by atoms with van der Waals surface area (Å²) in [6.45, 7) is 1.43. The zero-order valence-corrected chi connectivity index (χ0v) is 10.8. The Bertz CT molecular complexity index is 459. The first-order valence-electron chi connectivity index (χ1n) is 5.76. The molecule has 0 heterocycles. The molecule has 2 atom stereocenters. The van der Waals surface area contributed by atoms with Gasteiger partial charge in [-0.2, -0.15) is 0 Å². The van der Waals surface area contributed by atoms with Crippen LogP contribution in [0.25, 0.3) is 6.08 Å². The molecule has 19 heavy (non-hydrogen) atoms. The normalized spacial score (nSPS) is 13.8. The van der Waals surface area contributed by atoms with Gasteiger partial charge < -0.3 is 10.1 Å². The van der Waals surface area contributed by atoms with E-state index >= 15 is 0 Å². The summed E-state index contributed by atoms with van der Waals surface area (Å²) in [5, 5.41) is 13.2. The van der Waals surface area contributed by atoms with Gasteiger partial charge in [0.1, 0.15) is 6.04 Å². The number of amides is 1. The van der Waals surface area contributed by atoms with Crippen LogP contribution in [0, 0.1) is 10.1 Å². The van der Waals surface area contributed by atoms with Gasteiger partial charge in [0.05, 0.1) is 7.11 Å². The largest absolute Gasteiger partial charge is 0.453 e. The average Bonchev–Trinajstić information content (AvgIpc) is 2.43. The van der Waals surface area contributed by atoms with E-state index in [9.17, 15) is 14.9 Å². The number of methoxy groups -OCH3 is 1. The third-order valence-electron chi connectivity index (χ3n) is 2.62. The van der Waals surface area contributed by atoms with Crippen LogP contribution in [-0.4, -0.2) is 30.2 Å². The minimum Gasteiger partial charge on any atom is -0.453 e. The van der Waals surface area contributed by atoms with E-state index in [1.165, 1.54) is 14.0 Å². The smallest absolute Gasteiger partial charge is 0.407 e. The van der Waals surface area contributed by atoms with Crippen molar-refractivity contribution >= 4 is 12.2 Å². The summed E-state index contributed by atoms with van der Waals surface area (Å²) in [5.41, 5.74) is 0.898. The van der Waals surface area contributed by atoms with Gasteiger partial charge in [0, 0.05) is 11.8 Å². The van der Waals surface area contributed by atoms with Gasteiger partial charge in [-0.15, -0.1) is 0 Å². The highest BCUT2D eigenvalue weighted by molar-refractivity contribution is 5.68. The molecular weight excluding hydrogens is 248 g/mol. The molecule has 1 N–H and O–H groups in total. The van der Waals surface area contributed by atoms with E-state index < -0.39 is 23.1 Å². The quantitative estimate of drug-likeness (QED) is 0.652. The molecule has 6 heteroatoms. The molecule has 1 aromatic carbocycles. The van der Waals surface area contributed by atoms with E-state index in [1.54, 1.807) is 12.2 Å². The predicted molar refractivity (Wildman–Crippen MR) is 71.3 cm³/mol. The number of hydrogen-bond acceptors (Lipinski definition) is 4. The third-order valence-corrected chi connectivity index (χ3v) is 2.62. The van der Waals surface area contributed by atoms with Gasteiger partial charge in [0.15, 0.2) is 0 Å². The monoisotopic (exact) mass is 264 g/mol. The van der Waals surface area contributed by atoms with E-state index in [4.69, 9.17) is 0 Å². The summed E-state index contributed by atoms with van der Waals surface area (Å²) < 4.78 is 4.46. The van der Waals surface area contributed by atoms with Crippen LogP contribution in [0.15, 0.2) is 36.4 Å². The Hall–Kier alpha value is -2.37. The van der Waals surface area contributed by atoms with Gasteiger partial charge in [0.25, 0.3) is 0 Å². The lowest BCUT2D eigenvalue weighted by Crippen LogP contribution is -2.44. The van der Waals surface area contributed by atoms with Gasteiger partial charge in [0.2, 0.25) is 6.04 Å². The molecule has 102 valence electrons. The Labute approximate surface area is 111 Å². The van der Waals surface area contributed by atoms with Crippen LogP contribution in [0.3, 0.4) is 0 Å². The van der Waals surface area contributed by atoms with Crippen molar-refractivity contribution in [2.75, 3.05) is 7.11 Å². The lowest BCUT2D eigenvalue weighted by molar-refractivity contribution is -0.520. The fraction of sp³-hybridized carbons (Fsp3) is 0.308. The summed E-state index contributed by atoms with van der Waals surface area (Å²) in [6.07, 6.45) is 2.61. The maximum Gasteiger partial charge on any atom is 0.407 e. The highest BCUT2D eigenvalue weighted by Crippen LogP contribution is 2.06. The second kappa shape index (κ2) is 7.15. The molecule has 0 aliphatic heterocycles. The van der Waals surface area contributed by atoms with Crippen molar-refractivity contribution in [3.05, 3.63) is 52.1 Å². The highest BCUT2D eigenvalue weighted by Gasteiger charge is 2.25. The number of nitro groups is 1. The second-order valence-electron chi connectivity index (χ2n) is 3.96. The van der Waals surface area contributed by atoms with Crippen LogP contribution < -0.4 is 5.32 Å². The van der Waals surface area contributed by atoms with Crippen molar-refractivity contribution in [1.82, 2.24) is 5.32 Å². The first-order chi connectivity index (χ1) is 9.04. The first kappa shape index (κ1) is 14.7. The standard InChI is InChI=1S/C13H16N2O4/c1-10(15(17)18)12(14-13(16)19-2)9-8-11-6-4-3-5-7-11/h3-10,12H,1-2H3,(H,14,16)/b9-8+/t10-,12+/m1/s1. The van der Waals surface area contributed by atoms with Gasteiger partial charge in [-0.05, 0) is 5.56 Å². The Morgan fingerprint density at radius 3 is 2.58 bits per heavy atom. The number of ether oxygens (including phenoxy) is 1. The molecule has 0 saturated carbocycles. The van der Waals surface area contributed by atoms with Crippen molar-refractivity contribution in [3.63, 3.8) is 0 Å². The molecule has 0 radical (unpaired) electrons. The first-order valence-corrected chi connectivity index (χ1v) is 5.76. The molecule has 0 aliphatic rings. The summed E-state index contributed by atoms with van der Waals surface area (Å²) in [5.74, 6) is 0. The highest BCUT2D eigenvalue weighted by atomic mass is 16.6. The van der Waals surface area contributed by atoms with E-state index in [-0.39, 0.29) is 0 Å². The molecule has 1 amide bonds. The maximum atomic E-state index is 11.2. The Morgan fingerprint density at radius 1 is 1.42 bits per heavy atom. The van der Waals surface area contributed by atoms with Gasteiger partial charge in [-0.3, -0.25) is 10.1 Å². The zero-order valence-electron chi connectivity index (χ0n) is 10.8. The van der Waals surface area contributed by atoms with Gasteiger partial charge in [-0.25, -0.2) is 4.79 Å². The lowest BCUT2D eigenvalue weighted by Gasteiger charge is -2.15. The number of nitrogens with zero attached hydrogens (tertiary/aromatic N) is 1. The summed E-state index contributed by atoms with van der Waals surface area (Å²) in [7, 11) is 1.21. The number of hydrogen-bond donors (Lipinski definition) is 1. The van der Waals surface area contributed by atoms with Crippen LogP contribution in [0.1, 0.15) is 12.5 Å².